The second kappa shape index (κ2) is 6.48. The molecule has 5 nitrogen and oxygen atoms in total. The normalized spacial score (nSPS) is 31.8. The summed E-state index contributed by atoms with van der Waals surface area (Å²) in [6.07, 6.45) is 3.62. The Bertz CT molecular complexity index is 712. The highest BCUT2D eigenvalue weighted by molar-refractivity contribution is 7.90. The maximum Gasteiger partial charge on any atom is 0.267 e. The summed E-state index contributed by atoms with van der Waals surface area (Å²) in [4.78, 5) is 0. The van der Waals surface area contributed by atoms with E-state index in [-0.39, 0.29) is 17.9 Å². The van der Waals surface area contributed by atoms with E-state index in [0.717, 1.165) is 19.3 Å². The molecule has 1 aliphatic heterocycles. The minimum Gasteiger partial charge on any atom is -0.472 e. The molecule has 132 valence electrons. The van der Waals surface area contributed by atoms with Crippen molar-refractivity contribution in [2.45, 2.75) is 62.9 Å². The second-order valence-electron chi connectivity index (χ2n) is 7.39. The summed E-state index contributed by atoms with van der Waals surface area (Å²) >= 11 is 0. The van der Waals surface area contributed by atoms with Crippen molar-refractivity contribution >= 4 is 15.9 Å². The molecule has 6 heteroatoms. The summed E-state index contributed by atoms with van der Waals surface area (Å²) in [7, 11) is -3.70. The van der Waals surface area contributed by atoms with Crippen LogP contribution in [0.1, 0.15) is 56.8 Å². The van der Waals surface area contributed by atoms with Crippen LogP contribution in [0.5, 0.6) is 0 Å². The molecular weight excluding hydrogens is 326 g/mol. The molecule has 0 amide bonds. The summed E-state index contributed by atoms with van der Waals surface area (Å²) in [5.41, 5.74) is -0.191. The molecule has 0 saturated heterocycles. The van der Waals surface area contributed by atoms with Crippen molar-refractivity contribution in [2.75, 3.05) is 0 Å². The number of hydrogen-bond acceptors (Lipinski definition) is 4. The third kappa shape index (κ3) is 3.64. The summed E-state index contributed by atoms with van der Waals surface area (Å²) in [5.74, 6) is 0.512. The van der Waals surface area contributed by atoms with Crippen molar-refractivity contribution in [2.24, 2.45) is 10.3 Å². The van der Waals surface area contributed by atoms with Crippen LogP contribution in [-0.4, -0.2) is 31.1 Å². The van der Waals surface area contributed by atoms with Crippen LogP contribution in [0, 0.1) is 5.92 Å². The molecule has 1 aliphatic carbocycles. The average molecular weight is 351 g/mol. The van der Waals surface area contributed by atoms with Crippen molar-refractivity contribution < 1.29 is 18.3 Å². The maximum atomic E-state index is 12.8. The Labute approximate surface area is 143 Å². The monoisotopic (exact) mass is 351 g/mol. The smallest absolute Gasteiger partial charge is 0.267 e. The third-order valence-electron chi connectivity index (χ3n) is 4.86. The summed E-state index contributed by atoms with van der Waals surface area (Å²) in [6, 6.07) is 9.10. The van der Waals surface area contributed by atoms with E-state index in [1.165, 1.54) is 0 Å². The molecule has 0 spiro atoms. The predicted molar refractivity (Wildman–Crippen MR) is 93.3 cm³/mol. The Morgan fingerprint density at radius 2 is 1.96 bits per heavy atom. The molecule has 2 aliphatic rings. The van der Waals surface area contributed by atoms with Gasteiger partial charge in [0.15, 0.2) is 0 Å². The number of aliphatic hydroxyl groups is 1. The molecule has 1 fully saturated rings. The van der Waals surface area contributed by atoms with E-state index in [4.69, 9.17) is 4.74 Å². The second-order valence-corrected chi connectivity index (χ2v) is 9.07. The number of aliphatic hydroxyl groups excluding tert-OH is 1. The third-order valence-corrected chi connectivity index (χ3v) is 6.75. The summed E-state index contributed by atoms with van der Waals surface area (Å²) < 4.78 is 35.6. The first-order valence-electron chi connectivity index (χ1n) is 8.52. The number of nitrogens with zero attached hydrogens (tertiary/aromatic N) is 1. The van der Waals surface area contributed by atoms with Gasteiger partial charge in [0.2, 0.25) is 5.90 Å². The highest BCUT2D eigenvalue weighted by Crippen LogP contribution is 2.41. The number of sulfonamides is 1. The van der Waals surface area contributed by atoms with Gasteiger partial charge in [-0.2, -0.15) is 0 Å². The molecule has 0 bridgehead atoms. The molecule has 3 rings (SSSR count). The van der Waals surface area contributed by atoms with Gasteiger partial charge in [-0.3, -0.25) is 0 Å². The molecule has 3 atom stereocenters. The van der Waals surface area contributed by atoms with Gasteiger partial charge >= 0.3 is 0 Å². The van der Waals surface area contributed by atoms with Gasteiger partial charge in [-0.05, 0) is 44.6 Å². The van der Waals surface area contributed by atoms with Crippen LogP contribution in [0.3, 0.4) is 0 Å². The van der Waals surface area contributed by atoms with Gasteiger partial charge < -0.3 is 9.84 Å². The van der Waals surface area contributed by atoms with Crippen LogP contribution in [0.4, 0.5) is 0 Å². The Kier molecular flexibility index (Phi) is 4.71. The number of rotatable bonds is 3. The van der Waals surface area contributed by atoms with E-state index in [2.05, 4.69) is 4.40 Å². The van der Waals surface area contributed by atoms with E-state index in [1.807, 2.05) is 18.2 Å². The lowest BCUT2D eigenvalue weighted by Crippen LogP contribution is -2.43. The van der Waals surface area contributed by atoms with Crippen molar-refractivity contribution in [3.63, 3.8) is 0 Å². The highest BCUT2D eigenvalue weighted by atomic mass is 32.2. The van der Waals surface area contributed by atoms with Crippen LogP contribution in [0.25, 0.3) is 0 Å². The number of benzene rings is 1. The molecule has 1 N–H and O–H groups in total. The van der Waals surface area contributed by atoms with Gasteiger partial charge in [-0.25, -0.2) is 8.42 Å². The topological polar surface area (TPSA) is 76.0 Å². The van der Waals surface area contributed by atoms with Gasteiger partial charge in [0, 0.05) is 6.42 Å². The SMILES string of the molecule is CC1(C)OC(C[C@H]2CCC[C@H](O)C2)=NS(=O)(=O)C1c1ccccc1. The van der Waals surface area contributed by atoms with E-state index >= 15 is 0 Å². The molecule has 24 heavy (non-hydrogen) atoms. The maximum absolute atomic E-state index is 12.8. The van der Waals surface area contributed by atoms with Crippen LogP contribution < -0.4 is 0 Å². The Morgan fingerprint density at radius 3 is 2.58 bits per heavy atom. The lowest BCUT2D eigenvalue weighted by molar-refractivity contribution is 0.0706. The molecular formula is C18H25NO4S. The molecule has 0 radical (unpaired) electrons. The van der Waals surface area contributed by atoms with Gasteiger partial charge in [-0.1, -0.05) is 36.8 Å². The fourth-order valence-electron chi connectivity index (χ4n) is 3.90. The van der Waals surface area contributed by atoms with E-state index < -0.39 is 20.9 Å². The van der Waals surface area contributed by atoms with Crippen LogP contribution in [-0.2, 0) is 14.8 Å². The zero-order valence-electron chi connectivity index (χ0n) is 14.2. The average Bonchev–Trinajstić information content (AvgIpc) is 2.45. The number of hydrogen-bond donors (Lipinski definition) is 1. The van der Waals surface area contributed by atoms with Crippen LogP contribution in [0.2, 0.25) is 0 Å². The lowest BCUT2D eigenvalue weighted by Gasteiger charge is -2.38. The first-order valence-corrected chi connectivity index (χ1v) is 10.0. The minimum absolute atomic E-state index is 0.228. The predicted octanol–water partition coefficient (Wildman–Crippen LogP) is 3.21. The van der Waals surface area contributed by atoms with Gasteiger partial charge in [0.05, 0.1) is 6.10 Å². The van der Waals surface area contributed by atoms with Gasteiger partial charge in [0.25, 0.3) is 10.0 Å². The largest absolute Gasteiger partial charge is 0.472 e. The lowest BCUT2D eigenvalue weighted by atomic mass is 9.85. The summed E-state index contributed by atoms with van der Waals surface area (Å²) in [5, 5.41) is 8.99. The Morgan fingerprint density at radius 1 is 1.25 bits per heavy atom. The van der Waals surface area contributed by atoms with E-state index in [0.29, 0.717) is 18.4 Å². The van der Waals surface area contributed by atoms with Crippen molar-refractivity contribution in [1.82, 2.24) is 0 Å². The zero-order chi connectivity index (χ0) is 17.4. The van der Waals surface area contributed by atoms with E-state index in [9.17, 15) is 13.5 Å². The molecule has 1 heterocycles. The minimum atomic E-state index is -3.70. The van der Waals surface area contributed by atoms with Crippen LogP contribution >= 0.6 is 0 Å². The fraction of sp³-hybridized carbons (Fsp3) is 0.611. The standard InChI is InChI=1S/C18H25NO4S/c1-18(2)17(14-8-4-3-5-9-14)24(21,22)19-16(23-18)12-13-7-6-10-15(20)11-13/h3-5,8-9,13,15,17,20H,6-7,10-12H2,1-2H3/t13-,15-,17?/m0/s1. The first-order chi connectivity index (χ1) is 11.3. The van der Waals surface area contributed by atoms with Crippen molar-refractivity contribution in [1.29, 1.82) is 0 Å². The molecule has 0 aromatic heterocycles. The van der Waals surface area contributed by atoms with Gasteiger partial charge in [0.1, 0.15) is 10.9 Å². The molecule has 1 aromatic carbocycles. The summed E-state index contributed by atoms with van der Waals surface area (Å²) in [6.45, 7) is 3.60. The van der Waals surface area contributed by atoms with E-state index in [1.54, 1.807) is 26.0 Å². The zero-order valence-corrected chi connectivity index (χ0v) is 15.0. The van der Waals surface area contributed by atoms with Crippen LogP contribution in [0.15, 0.2) is 34.7 Å². The quantitative estimate of drug-likeness (QED) is 0.907. The molecule has 1 unspecified atom stereocenters. The Hall–Kier alpha value is -1.40. The highest BCUT2D eigenvalue weighted by Gasteiger charge is 2.47. The van der Waals surface area contributed by atoms with Crippen molar-refractivity contribution in [3.05, 3.63) is 35.9 Å². The molecule has 1 saturated carbocycles. The Balaban J connectivity index is 1.86. The van der Waals surface area contributed by atoms with Gasteiger partial charge in [-0.15, -0.1) is 4.40 Å². The number of ether oxygens (including phenoxy) is 1. The first kappa shape index (κ1) is 17.4. The fourth-order valence-corrected chi connectivity index (χ4v) is 5.67. The molecule has 1 aromatic rings. The van der Waals surface area contributed by atoms with Crippen molar-refractivity contribution in [3.8, 4) is 0 Å².